The SMILES string of the molecule is COC[C@@H](O)[C@@H](O)[C@H](O)[C@H](NC(C)=O)[C@@H](O)CC(=O)C(=O)O. The van der Waals surface area contributed by atoms with Gasteiger partial charge in [-0.3, -0.25) is 9.59 Å². The Labute approximate surface area is 126 Å². The van der Waals surface area contributed by atoms with Crippen LogP contribution < -0.4 is 5.32 Å². The summed E-state index contributed by atoms with van der Waals surface area (Å²) in [6.45, 7) is 0.735. The third-order valence-corrected chi connectivity index (χ3v) is 2.87. The van der Waals surface area contributed by atoms with Crippen LogP contribution in [-0.4, -0.2) is 87.4 Å². The molecule has 0 bridgehead atoms. The van der Waals surface area contributed by atoms with Crippen molar-refractivity contribution >= 4 is 17.7 Å². The van der Waals surface area contributed by atoms with Gasteiger partial charge in [-0.1, -0.05) is 0 Å². The zero-order valence-corrected chi connectivity index (χ0v) is 12.2. The van der Waals surface area contributed by atoms with Gasteiger partial charge in [0, 0.05) is 20.5 Å². The molecule has 10 nitrogen and oxygen atoms in total. The van der Waals surface area contributed by atoms with E-state index in [1.165, 1.54) is 7.11 Å². The molecule has 0 aromatic carbocycles. The van der Waals surface area contributed by atoms with Crippen molar-refractivity contribution in [3.63, 3.8) is 0 Å². The molecule has 128 valence electrons. The molecule has 0 heterocycles. The van der Waals surface area contributed by atoms with E-state index in [4.69, 9.17) is 5.11 Å². The Hall–Kier alpha value is -1.59. The first kappa shape index (κ1) is 20.4. The molecule has 0 aliphatic carbocycles. The Morgan fingerprint density at radius 2 is 1.59 bits per heavy atom. The zero-order valence-electron chi connectivity index (χ0n) is 12.2. The lowest BCUT2D eigenvalue weighted by Gasteiger charge is -2.32. The second-order valence-corrected chi connectivity index (χ2v) is 4.73. The number of ketones is 1. The molecule has 0 saturated heterocycles. The van der Waals surface area contributed by atoms with E-state index in [1.807, 2.05) is 0 Å². The van der Waals surface area contributed by atoms with Gasteiger partial charge in [0.1, 0.15) is 18.3 Å². The van der Waals surface area contributed by atoms with Gasteiger partial charge >= 0.3 is 5.97 Å². The summed E-state index contributed by atoms with van der Waals surface area (Å²) >= 11 is 0. The van der Waals surface area contributed by atoms with Gasteiger partial charge in [-0.25, -0.2) is 4.79 Å². The predicted octanol–water partition coefficient (Wildman–Crippen LogP) is -3.38. The van der Waals surface area contributed by atoms with Crippen molar-refractivity contribution in [2.45, 2.75) is 43.8 Å². The Bertz CT molecular complexity index is 400. The molecular weight excluding hydrogens is 302 g/mol. The smallest absolute Gasteiger partial charge is 0.372 e. The number of methoxy groups -OCH3 is 1. The summed E-state index contributed by atoms with van der Waals surface area (Å²) in [6, 6.07) is -1.55. The quantitative estimate of drug-likeness (QED) is 0.224. The first-order chi connectivity index (χ1) is 10.1. The number of aliphatic hydroxyl groups is 4. The van der Waals surface area contributed by atoms with Crippen LogP contribution in [0, 0.1) is 0 Å². The average molecular weight is 323 g/mol. The Morgan fingerprint density at radius 1 is 1.05 bits per heavy atom. The Morgan fingerprint density at radius 3 is 2.00 bits per heavy atom. The lowest BCUT2D eigenvalue weighted by molar-refractivity contribution is -0.151. The number of hydrogen-bond acceptors (Lipinski definition) is 8. The third-order valence-electron chi connectivity index (χ3n) is 2.87. The molecule has 0 fully saturated rings. The highest BCUT2D eigenvalue weighted by molar-refractivity contribution is 6.32. The van der Waals surface area contributed by atoms with E-state index in [0.29, 0.717) is 0 Å². The molecule has 22 heavy (non-hydrogen) atoms. The molecule has 10 heteroatoms. The van der Waals surface area contributed by atoms with Crippen molar-refractivity contribution in [3.05, 3.63) is 0 Å². The highest BCUT2D eigenvalue weighted by Gasteiger charge is 2.37. The van der Waals surface area contributed by atoms with Crippen molar-refractivity contribution in [1.29, 1.82) is 0 Å². The minimum Gasteiger partial charge on any atom is -0.475 e. The number of ether oxygens (including phenoxy) is 1. The van der Waals surface area contributed by atoms with Crippen molar-refractivity contribution in [2.24, 2.45) is 0 Å². The number of rotatable bonds is 10. The number of carboxylic acid groups (broad SMARTS) is 1. The summed E-state index contributed by atoms with van der Waals surface area (Å²) in [5, 5.41) is 49.6. The molecule has 0 spiro atoms. The predicted molar refractivity (Wildman–Crippen MR) is 70.8 cm³/mol. The fourth-order valence-corrected chi connectivity index (χ4v) is 1.76. The number of Topliss-reactive ketones (excluding diaryl/α,β-unsaturated/α-hetero) is 1. The topological polar surface area (TPSA) is 174 Å². The van der Waals surface area contributed by atoms with Gasteiger partial charge in [-0.15, -0.1) is 0 Å². The second-order valence-electron chi connectivity index (χ2n) is 4.73. The molecule has 0 aromatic heterocycles. The molecule has 0 aliphatic rings. The van der Waals surface area contributed by atoms with E-state index >= 15 is 0 Å². The average Bonchev–Trinajstić information content (AvgIpc) is 2.42. The van der Waals surface area contributed by atoms with Crippen LogP contribution in [-0.2, 0) is 19.1 Å². The number of carbonyl (C=O) groups excluding carboxylic acids is 2. The molecule has 0 unspecified atom stereocenters. The molecule has 1 amide bonds. The highest BCUT2D eigenvalue weighted by atomic mass is 16.5. The monoisotopic (exact) mass is 323 g/mol. The van der Waals surface area contributed by atoms with Gasteiger partial charge in [0.2, 0.25) is 11.7 Å². The number of aliphatic carboxylic acids is 1. The van der Waals surface area contributed by atoms with Crippen molar-refractivity contribution < 1.29 is 44.7 Å². The van der Waals surface area contributed by atoms with E-state index in [9.17, 15) is 34.8 Å². The van der Waals surface area contributed by atoms with Gasteiger partial charge < -0.3 is 35.6 Å². The third kappa shape index (κ3) is 6.45. The summed E-state index contributed by atoms with van der Waals surface area (Å²) in [5.74, 6) is -3.81. The van der Waals surface area contributed by atoms with Crippen LogP contribution in [0.5, 0.6) is 0 Å². The largest absolute Gasteiger partial charge is 0.475 e. The number of aliphatic hydroxyl groups excluding tert-OH is 4. The maximum absolute atomic E-state index is 11.1. The minimum atomic E-state index is -1.86. The summed E-state index contributed by atoms with van der Waals surface area (Å²) in [5.41, 5.74) is 0. The molecule has 0 aliphatic heterocycles. The Balaban J connectivity index is 5.05. The molecule has 0 rings (SSSR count). The van der Waals surface area contributed by atoms with Gasteiger partial charge in [0.15, 0.2) is 0 Å². The van der Waals surface area contributed by atoms with Gasteiger partial charge in [0.25, 0.3) is 0 Å². The number of nitrogens with one attached hydrogen (secondary N) is 1. The first-order valence-electron chi connectivity index (χ1n) is 6.36. The van der Waals surface area contributed by atoms with Crippen molar-refractivity contribution in [2.75, 3.05) is 13.7 Å². The van der Waals surface area contributed by atoms with Crippen LogP contribution in [0.4, 0.5) is 0 Å². The summed E-state index contributed by atoms with van der Waals surface area (Å²) in [4.78, 5) is 32.6. The summed E-state index contributed by atoms with van der Waals surface area (Å²) in [6.07, 6.45) is -7.83. The second kappa shape index (κ2) is 9.43. The van der Waals surface area contributed by atoms with Gasteiger partial charge in [-0.2, -0.15) is 0 Å². The van der Waals surface area contributed by atoms with E-state index in [1.54, 1.807) is 0 Å². The minimum absolute atomic E-state index is 0.324. The fraction of sp³-hybridized carbons (Fsp3) is 0.750. The van der Waals surface area contributed by atoms with Crippen LogP contribution in [0.15, 0.2) is 0 Å². The number of carbonyl (C=O) groups is 3. The number of hydrogen-bond donors (Lipinski definition) is 6. The van der Waals surface area contributed by atoms with Crippen LogP contribution in [0.2, 0.25) is 0 Å². The molecule has 6 N–H and O–H groups in total. The van der Waals surface area contributed by atoms with Crippen LogP contribution >= 0.6 is 0 Å². The van der Waals surface area contributed by atoms with Crippen LogP contribution in [0.3, 0.4) is 0 Å². The zero-order chi connectivity index (χ0) is 17.4. The normalized spacial score (nSPS) is 17.9. The molecule has 5 atom stereocenters. The molecule has 0 saturated carbocycles. The van der Waals surface area contributed by atoms with Crippen LogP contribution in [0.1, 0.15) is 13.3 Å². The van der Waals surface area contributed by atoms with Crippen molar-refractivity contribution in [3.8, 4) is 0 Å². The van der Waals surface area contributed by atoms with Gasteiger partial charge in [0.05, 0.1) is 18.8 Å². The maximum Gasteiger partial charge on any atom is 0.372 e. The van der Waals surface area contributed by atoms with E-state index < -0.39 is 54.5 Å². The van der Waals surface area contributed by atoms with E-state index in [-0.39, 0.29) is 6.61 Å². The molecular formula is C12H21NO9. The van der Waals surface area contributed by atoms with Crippen LogP contribution in [0.25, 0.3) is 0 Å². The standard InChI is InChI=1S/C12H21NO9/c1-5(14)13-9(6(15)3-7(16)12(20)21)11(19)10(18)8(17)4-22-2/h6,8-11,15,17-19H,3-4H2,1-2H3,(H,13,14)(H,20,21)/t6-,8+,9+,10+,11+/m0/s1. The highest BCUT2D eigenvalue weighted by Crippen LogP contribution is 2.12. The van der Waals surface area contributed by atoms with E-state index in [0.717, 1.165) is 6.92 Å². The van der Waals surface area contributed by atoms with E-state index in [2.05, 4.69) is 10.1 Å². The first-order valence-corrected chi connectivity index (χ1v) is 6.36. The fourth-order valence-electron chi connectivity index (χ4n) is 1.76. The molecule has 0 aromatic rings. The summed E-state index contributed by atoms with van der Waals surface area (Å²) < 4.78 is 4.59. The lowest BCUT2D eigenvalue weighted by atomic mass is 9.94. The summed E-state index contributed by atoms with van der Waals surface area (Å²) in [7, 11) is 1.24. The van der Waals surface area contributed by atoms with Gasteiger partial charge in [-0.05, 0) is 0 Å². The number of carboxylic acids is 1. The lowest BCUT2D eigenvalue weighted by Crippen LogP contribution is -2.57. The molecule has 0 radical (unpaired) electrons. The number of amides is 1. The Kier molecular flexibility index (Phi) is 8.75. The van der Waals surface area contributed by atoms with Crippen molar-refractivity contribution in [1.82, 2.24) is 5.32 Å². The maximum atomic E-state index is 11.1.